The summed E-state index contributed by atoms with van der Waals surface area (Å²) in [6.45, 7) is 3.18. The number of aliphatic hydroxyl groups is 1. The van der Waals surface area contributed by atoms with Gasteiger partial charge in [0.1, 0.15) is 17.2 Å². The highest BCUT2D eigenvalue weighted by atomic mass is 16.5. The Morgan fingerprint density at radius 2 is 2.05 bits per heavy atom. The maximum Gasteiger partial charge on any atom is 0.140 e. The van der Waals surface area contributed by atoms with Gasteiger partial charge < -0.3 is 20.1 Å². The molecule has 0 saturated carbocycles. The molecule has 0 saturated heterocycles. The minimum atomic E-state index is 0.0723. The monoisotopic (exact) mass is 297 g/mol. The van der Waals surface area contributed by atoms with Crippen LogP contribution in [0.3, 0.4) is 0 Å². The minimum Gasteiger partial charge on any atom is -0.494 e. The Labute approximate surface area is 129 Å². The van der Waals surface area contributed by atoms with Crippen LogP contribution in [0.25, 0.3) is 22.2 Å². The molecule has 5 heteroatoms. The predicted molar refractivity (Wildman–Crippen MR) is 88.3 cm³/mol. The molecule has 5 nitrogen and oxygen atoms in total. The molecule has 3 rings (SSSR count). The van der Waals surface area contributed by atoms with E-state index in [1.165, 1.54) is 0 Å². The van der Waals surface area contributed by atoms with E-state index in [0.717, 1.165) is 33.7 Å². The van der Waals surface area contributed by atoms with Crippen LogP contribution in [0.4, 0.5) is 5.82 Å². The quantitative estimate of drug-likeness (QED) is 0.654. The second-order valence-corrected chi connectivity index (χ2v) is 4.90. The average molecular weight is 297 g/mol. The molecule has 2 aromatic heterocycles. The number of aromatic amines is 1. The molecule has 0 aliphatic rings. The van der Waals surface area contributed by atoms with Gasteiger partial charge in [0.2, 0.25) is 0 Å². The Hall–Kier alpha value is -2.53. The van der Waals surface area contributed by atoms with Gasteiger partial charge in [0.15, 0.2) is 0 Å². The molecule has 0 radical (unpaired) electrons. The summed E-state index contributed by atoms with van der Waals surface area (Å²) in [5, 5.41) is 13.1. The largest absolute Gasteiger partial charge is 0.494 e. The van der Waals surface area contributed by atoms with Crippen molar-refractivity contribution in [2.45, 2.75) is 6.92 Å². The van der Waals surface area contributed by atoms with Crippen LogP contribution in [0.2, 0.25) is 0 Å². The van der Waals surface area contributed by atoms with Gasteiger partial charge in [0, 0.05) is 18.1 Å². The normalized spacial score (nSPS) is 10.8. The summed E-state index contributed by atoms with van der Waals surface area (Å²) in [5.74, 6) is 1.61. The number of ether oxygens (including phenoxy) is 1. The molecule has 1 aromatic carbocycles. The van der Waals surface area contributed by atoms with Crippen molar-refractivity contribution in [1.82, 2.24) is 9.97 Å². The Balaban J connectivity index is 2.02. The fourth-order valence-corrected chi connectivity index (χ4v) is 2.45. The predicted octanol–water partition coefficient (Wildman–Crippen LogP) is 3.03. The maximum atomic E-state index is 8.96. The highest BCUT2D eigenvalue weighted by molar-refractivity contribution is 5.94. The number of hydrogen-bond donors (Lipinski definition) is 3. The van der Waals surface area contributed by atoms with Crippen molar-refractivity contribution in [3.05, 3.63) is 42.6 Å². The Kier molecular flexibility index (Phi) is 4.25. The summed E-state index contributed by atoms with van der Waals surface area (Å²) in [7, 11) is 0. The van der Waals surface area contributed by atoms with Crippen LogP contribution in [0.1, 0.15) is 6.92 Å². The van der Waals surface area contributed by atoms with E-state index in [4.69, 9.17) is 9.84 Å². The van der Waals surface area contributed by atoms with Crippen LogP contribution in [-0.2, 0) is 0 Å². The van der Waals surface area contributed by atoms with E-state index in [0.29, 0.717) is 13.2 Å². The third-order valence-electron chi connectivity index (χ3n) is 3.42. The molecule has 0 unspecified atom stereocenters. The van der Waals surface area contributed by atoms with Gasteiger partial charge in [-0.1, -0.05) is 12.1 Å². The molecular weight excluding hydrogens is 278 g/mol. The van der Waals surface area contributed by atoms with E-state index >= 15 is 0 Å². The van der Waals surface area contributed by atoms with Gasteiger partial charge in [-0.25, -0.2) is 4.98 Å². The van der Waals surface area contributed by atoms with Crippen molar-refractivity contribution in [3.8, 4) is 16.9 Å². The number of aliphatic hydroxyl groups excluding tert-OH is 1. The first-order chi connectivity index (χ1) is 10.8. The lowest BCUT2D eigenvalue weighted by Crippen LogP contribution is -2.07. The molecule has 0 atom stereocenters. The topological polar surface area (TPSA) is 70.2 Å². The first-order valence-corrected chi connectivity index (χ1v) is 7.38. The summed E-state index contributed by atoms with van der Waals surface area (Å²) < 4.78 is 5.49. The van der Waals surface area contributed by atoms with Crippen molar-refractivity contribution < 1.29 is 9.84 Å². The second kappa shape index (κ2) is 6.49. The number of fused-ring (bicyclic) bond motifs is 1. The van der Waals surface area contributed by atoms with E-state index < -0.39 is 0 Å². The van der Waals surface area contributed by atoms with E-state index in [2.05, 4.69) is 15.3 Å². The van der Waals surface area contributed by atoms with Crippen LogP contribution >= 0.6 is 0 Å². The maximum absolute atomic E-state index is 8.96. The van der Waals surface area contributed by atoms with Gasteiger partial charge in [0.05, 0.1) is 13.2 Å². The first kappa shape index (κ1) is 14.4. The Morgan fingerprint density at radius 1 is 1.23 bits per heavy atom. The van der Waals surface area contributed by atoms with E-state index in [9.17, 15) is 0 Å². The number of benzene rings is 1. The van der Waals surface area contributed by atoms with Crippen LogP contribution in [0, 0.1) is 0 Å². The molecule has 114 valence electrons. The number of rotatable bonds is 6. The fourth-order valence-electron chi connectivity index (χ4n) is 2.45. The third-order valence-corrected chi connectivity index (χ3v) is 3.42. The number of nitrogens with zero attached hydrogens (tertiary/aromatic N) is 1. The summed E-state index contributed by atoms with van der Waals surface area (Å²) in [6, 6.07) is 12.0. The van der Waals surface area contributed by atoms with Crippen LogP contribution in [0.5, 0.6) is 5.75 Å². The van der Waals surface area contributed by atoms with E-state index in [-0.39, 0.29) is 6.61 Å². The molecule has 0 spiro atoms. The molecular formula is C17H19N3O2. The van der Waals surface area contributed by atoms with Gasteiger partial charge in [-0.2, -0.15) is 0 Å². The smallest absolute Gasteiger partial charge is 0.140 e. The molecule has 3 aromatic rings. The minimum absolute atomic E-state index is 0.0723. The zero-order valence-electron chi connectivity index (χ0n) is 12.5. The molecule has 0 aliphatic carbocycles. The van der Waals surface area contributed by atoms with Crippen LogP contribution < -0.4 is 10.1 Å². The highest BCUT2D eigenvalue weighted by Gasteiger charge is 2.09. The molecule has 3 N–H and O–H groups in total. The van der Waals surface area contributed by atoms with E-state index in [1.54, 1.807) is 0 Å². The molecule has 0 bridgehead atoms. The number of aromatic nitrogens is 2. The summed E-state index contributed by atoms with van der Waals surface area (Å²) in [6.07, 6.45) is 1.88. The van der Waals surface area contributed by atoms with Crippen molar-refractivity contribution in [1.29, 1.82) is 0 Å². The van der Waals surface area contributed by atoms with Gasteiger partial charge in [0.25, 0.3) is 0 Å². The number of anilines is 1. The summed E-state index contributed by atoms with van der Waals surface area (Å²) >= 11 is 0. The lowest BCUT2D eigenvalue weighted by Gasteiger charge is -2.10. The zero-order valence-corrected chi connectivity index (χ0v) is 12.5. The third kappa shape index (κ3) is 2.89. The summed E-state index contributed by atoms with van der Waals surface area (Å²) in [5.41, 5.74) is 3.02. The average Bonchev–Trinajstić information content (AvgIpc) is 3.01. The molecule has 0 aliphatic heterocycles. The zero-order chi connectivity index (χ0) is 15.4. The number of nitrogens with one attached hydrogen (secondary N) is 2. The van der Waals surface area contributed by atoms with Gasteiger partial charge in [-0.3, -0.25) is 0 Å². The number of hydrogen-bond acceptors (Lipinski definition) is 4. The van der Waals surface area contributed by atoms with E-state index in [1.807, 2.05) is 49.5 Å². The standard InChI is InChI=1S/C17H19N3O2/c1-2-22-13-5-3-12(4-6-13)15-11-16(18-9-10-21)20-17-14(15)7-8-19-17/h3-8,11,21H,2,9-10H2,1H3,(H2,18,19,20). The van der Waals surface area contributed by atoms with Crippen LogP contribution in [0.15, 0.2) is 42.6 Å². The number of H-pyrrole nitrogens is 1. The van der Waals surface area contributed by atoms with Crippen molar-refractivity contribution >= 4 is 16.9 Å². The molecule has 0 fully saturated rings. The van der Waals surface area contributed by atoms with Crippen molar-refractivity contribution in [3.63, 3.8) is 0 Å². The van der Waals surface area contributed by atoms with Crippen LogP contribution in [-0.4, -0.2) is 34.8 Å². The van der Waals surface area contributed by atoms with Gasteiger partial charge in [-0.05, 0) is 42.3 Å². The highest BCUT2D eigenvalue weighted by Crippen LogP contribution is 2.30. The van der Waals surface area contributed by atoms with Crippen molar-refractivity contribution in [2.75, 3.05) is 25.1 Å². The second-order valence-electron chi connectivity index (χ2n) is 4.90. The Morgan fingerprint density at radius 3 is 2.77 bits per heavy atom. The molecule has 22 heavy (non-hydrogen) atoms. The lowest BCUT2D eigenvalue weighted by molar-refractivity contribution is 0.311. The van der Waals surface area contributed by atoms with Gasteiger partial charge in [-0.15, -0.1) is 0 Å². The molecule has 0 amide bonds. The Bertz CT molecular complexity index is 750. The first-order valence-electron chi connectivity index (χ1n) is 7.38. The number of pyridine rings is 1. The summed E-state index contributed by atoms with van der Waals surface area (Å²) in [4.78, 5) is 7.64. The SMILES string of the molecule is CCOc1ccc(-c2cc(NCCO)nc3[nH]ccc23)cc1. The molecule has 2 heterocycles. The van der Waals surface area contributed by atoms with Gasteiger partial charge >= 0.3 is 0 Å². The van der Waals surface area contributed by atoms with Crippen molar-refractivity contribution in [2.24, 2.45) is 0 Å². The fraction of sp³-hybridized carbons (Fsp3) is 0.235. The lowest BCUT2D eigenvalue weighted by atomic mass is 10.0.